The predicted octanol–water partition coefficient (Wildman–Crippen LogP) is 4.11. The molecule has 0 N–H and O–H groups in total. The Bertz CT molecular complexity index is 290. The van der Waals surface area contributed by atoms with Crippen molar-refractivity contribution in [2.75, 3.05) is 0 Å². The largest absolute Gasteiger partial charge is 0.0913 e. The van der Waals surface area contributed by atoms with E-state index in [1.54, 1.807) is 6.07 Å². The molecule has 0 fully saturated rings. The highest BCUT2D eigenvalue weighted by atomic mass is 35.5. The van der Waals surface area contributed by atoms with Gasteiger partial charge in [-0.25, -0.2) is 0 Å². The summed E-state index contributed by atoms with van der Waals surface area (Å²) in [5, 5.41) is 1.51. The summed E-state index contributed by atoms with van der Waals surface area (Å²) in [5.74, 6) is 0. The Kier molecular flexibility index (Phi) is 3.64. The van der Waals surface area contributed by atoms with E-state index < -0.39 is 0 Å². The van der Waals surface area contributed by atoms with E-state index in [1.165, 1.54) is 0 Å². The third-order valence-electron chi connectivity index (χ3n) is 1.58. The lowest BCUT2D eigenvalue weighted by molar-refractivity contribution is 1.26. The van der Waals surface area contributed by atoms with E-state index in [9.17, 15) is 0 Å². The summed E-state index contributed by atoms with van der Waals surface area (Å²) in [5.41, 5.74) is 1.07. The van der Waals surface area contributed by atoms with Crippen molar-refractivity contribution in [2.45, 2.75) is 13.3 Å². The van der Waals surface area contributed by atoms with E-state index in [0.717, 1.165) is 22.0 Å². The molecule has 0 nitrogen and oxygen atoms in total. The molecule has 1 aromatic carbocycles. The molecule has 0 aliphatic rings. The molecule has 0 saturated carbocycles. The molecule has 0 aromatic heterocycles. The summed E-state index contributed by atoms with van der Waals surface area (Å²) in [6.07, 6.45) is 4.89. The lowest BCUT2D eigenvalue weighted by Gasteiger charge is -2.00. The molecule has 0 saturated heterocycles. The van der Waals surface area contributed by atoms with Gasteiger partial charge >= 0.3 is 0 Å². The van der Waals surface area contributed by atoms with Crippen molar-refractivity contribution in [3.05, 3.63) is 46.0 Å². The average Bonchev–Trinajstić information content (AvgIpc) is 2.07. The van der Waals surface area contributed by atoms with Gasteiger partial charge in [0.2, 0.25) is 0 Å². The normalized spacial score (nSPS) is 10.9. The Morgan fingerprint density at radius 3 is 2.75 bits per heavy atom. The first kappa shape index (κ1) is 9.63. The zero-order valence-corrected chi connectivity index (χ0v) is 8.36. The standard InChI is InChI=1S/C10H10Cl2/c1-2-3-4-8-7-9(11)5-6-10(8)12/h2-3,5-7H,4H2,1H3. The highest BCUT2D eigenvalue weighted by Crippen LogP contribution is 2.21. The molecular formula is C10H10Cl2. The summed E-state index contributed by atoms with van der Waals surface area (Å²) in [6.45, 7) is 1.98. The molecule has 1 rings (SSSR count). The first-order valence-corrected chi connectivity index (χ1v) is 4.54. The minimum absolute atomic E-state index is 0.735. The average molecular weight is 201 g/mol. The van der Waals surface area contributed by atoms with Crippen molar-refractivity contribution < 1.29 is 0 Å². The van der Waals surface area contributed by atoms with Gasteiger partial charge in [0, 0.05) is 10.0 Å². The third-order valence-corrected chi connectivity index (χ3v) is 2.19. The maximum Gasteiger partial charge on any atom is 0.0442 e. The molecule has 0 aliphatic carbocycles. The lowest BCUT2D eigenvalue weighted by atomic mass is 10.1. The van der Waals surface area contributed by atoms with Gasteiger partial charge in [0.1, 0.15) is 0 Å². The van der Waals surface area contributed by atoms with Crippen LogP contribution >= 0.6 is 23.2 Å². The van der Waals surface area contributed by atoms with Crippen molar-refractivity contribution in [3.63, 3.8) is 0 Å². The number of rotatable bonds is 2. The number of benzene rings is 1. The van der Waals surface area contributed by atoms with Crippen LogP contribution in [0.1, 0.15) is 12.5 Å². The van der Waals surface area contributed by atoms with E-state index in [-0.39, 0.29) is 0 Å². The number of halogens is 2. The minimum Gasteiger partial charge on any atom is -0.0913 e. The molecule has 0 amide bonds. The summed E-state index contributed by atoms with van der Waals surface area (Å²) in [6, 6.07) is 5.51. The Morgan fingerprint density at radius 2 is 2.08 bits per heavy atom. The first-order chi connectivity index (χ1) is 5.74. The van der Waals surface area contributed by atoms with Gasteiger partial charge in [-0.15, -0.1) is 0 Å². The van der Waals surface area contributed by atoms with Crippen LogP contribution in [-0.2, 0) is 6.42 Å². The highest BCUT2D eigenvalue weighted by Gasteiger charge is 1.98. The molecule has 0 aliphatic heterocycles. The summed E-state index contributed by atoms with van der Waals surface area (Å²) < 4.78 is 0. The first-order valence-electron chi connectivity index (χ1n) is 3.79. The Balaban J connectivity index is 2.89. The molecule has 0 radical (unpaired) electrons. The molecule has 0 bridgehead atoms. The zero-order valence-electron chi connectivity index (χ0n) is 6.85. The molecule has 0 atom stereocenters. The fourth-order valence-electron chi connectivity index (χ4n) is 0.945. The number of hydrogen-bond acceptors (Lipinski definition) is 0. The van der Waals surface area contributed by atoms with E-state index in [0.29, 0.717) is 0 Å². The van der Waals surface area contributed by atoms with Crippen LogP contribution in [0.4, 0.5) is 0 Å². The van der Waals surface area contributed by atoms with Crippen LogP contribution in [0.2, 0.25) is 10.0 Å². The molecule has 12 heavy (non-hydrogen) atoms. The smallest absolute Gasteiger partial charge is 0.0442 e. The fourth-order valence-corrected chi connectivity index (χ4v) is 1.33. The third kappa shape index (κ3) is 2.54. The Hall–Kier alpha value is -0.460. The van der Waals surface area contributed by atoms with Gasteiger partial charge in [0.15, 0.2) is 0 Å². The minimum atomic E-state index is 0.735. The van der Waals surface area contributed by atoms with Crippen molar-refractivity contribution in [1.82, 2.24) is 0 Å². The summed E-state index contributed by atoms with van der Waals surface area (Å²) >= 11 is 11.8. The predicted molar refractivity (Wildman–Crippen MR) is 55.0 cm³/mol. The molecule has 0 heterocycles. The van der Waals surface area contributed by atoms with Crippen LogP contribution in [0, 0.1) is 0 Å². The second-order valence-corrected chi connectivity index (χ2v) is 3.35. The van der Waals surface area contributed by atoms with Crippen LogP contribution in [-0.4, -0.2) is 0 Å². The van der Waals surface area contributed by atoms with Gasteiger partial charge in [-0.05, 0) is 37.1 Å². The molecule has 0 unspecified atom stereocenters. The fraction of sp³-hybridized carbons (Fsp3) is 0.200. The van der Waals surface area contributed by atoms with Gasteiger partial charge in [-0.3, -0.25) is 0 Å². The Labute approximate surface area is 82.8 Å². The zero-order chi connectivity index (χ0) is 8.97. The molecule has 2 heteroatoms. The van der Waals surface area contributed by atoms with Gasteiger partial charge in [-0.1, -0.05) is 35.4 Å². The van der Waals surface area contributed by atoms with Crippen molar-refractivity contribution in [2.24, 2.45) is 0 Å². The Morgan fingerprint density at radius 1 is 1.33 bits per heavy atom. The molecular weight excluding hydrogens is 191 g/mol. The second kappa shape index (κ2) is 4.54. The van der Waals surface area contributed by atoms with Crippen molar-refractivity contribution in [1.29, 1.82) is 0 Å². The SMILES string of the molecule is CC=CCc1cc(Cl)ccc1Cl. The van der Waals surface area contributed by atoms with Crippen LogP contribution in [0.15, 0.2) is 30.4 Å². The van der Waals surface area contributed by atoms with E-state index in [2.05, 4.69) is 6.08 Å². The van der Waals surface area contributed by atoms with Crippen LogP contribution in [0.3, 0.4) is 0 Å². The number of allylic oxidation sites excluding steroid dienone is 2. The highest BCUT2D eigenvalue weighted by molar-refractivity contribution is 6.33. The van der Waals surface area contributed by atoms with Crippen molar-refractivity contribution >= 4 is 23.2 Å². The maximum atomic E-state index is 5.94. The van der Waals surface area contributed by atoms with Gasteiger partial charge in [0.05, 0.1) is 0 Å². The monoisotopic (exact) mass is 200 g/mol. The number of hydrogen-bond donors (Lipinski definition) is 0. The molecule has 1 aromatic rings. The van der Waals surface area contributed by atoms with Crippen molar-refractivity contribution in [3.8, 4) is 0 Å². The van der Waals surface area contributed by atoms with Gasteiger partial charge in [-0.2, -0.15) is 0 Å². The summed E-state index contributed by atoms with van der Waals surface area (Å²) in [4.78, 5) is 0. The lowest BCUT2D eigenvalue weighted by Crippen LogP contribution is -1.82. The van der Waals surface area contributed by atoms with Crippen LogP contribution in [0.5, 0.6) is 0 Å². The van der Waals surface area contributed by atoms with E-state index >= 15 is 0 Å². The van der Waals surface area contributed by atoms with Crippen LogP contribution < -0.4 is 0 Å². The maximum absolute atomic E-state index is 5.94. The molecule has 0 spiro atoms. The van der Waals surface area contributed by atoms with E-state index in [4.69, 9.17) is 23.2 Å². The van der Waals surface area contributed by atoms with Gasteiger partial charge < -0.3 is 0 Å². The molecule has 64 valence electrons. The second-order valence-electron chi connectivity index (χ2n) is 2.51. The quantitative estimate of drug-likeness (QED) is 0.631. The van der Waals surface area contributed by atoms with Crippen LogP contribution in [0.25, 0.3) is 0 Å². The van der Waals surface area contributed by atoms with Gasteiger partial charge in [0.25, 0.3) is 0 Å². The topological polar surface area (TPSA) is 0 Å². The van der Waals surface area contributed by atoms with E-state index in [1.807, 2.05) is 25.1 Å². The summed E-state index contributed by atoms with van der Waals surface area (Å²) in [7, 11) is 0.